The van der Waals surface area contributed by atoms with Crippen LogP contribution in [0.5, 0.6) is 0 Å². The summed E-state index contributed by atoms with van der Waals surface area (Å²) in [5, 5.41) is 13.1. The SMILES string of the molecule is CC(C)(C)c1ncc(-c2ccc(CNCCCN=C(N)N)cc2)c(=O)[nH]1.C[C@@H](CN)CN1C[C@H](NC(=O)NC(C)(C)C)C[C@H]1CNCCC1CC1. The maximum absolute atomic E-state index is 12.4. The highest BCUT2D eigenvalue weighted by Gasteiger charge is 2.33. The van der Waals surface area contributed by atoms with E-state index in [0.29, 0.717) is 36.4 Å². The Balaban J connectivity index is 0.000000276. The van der Waals surface area contributed by atoms with E-state index in [2.05, 4.69) is 48.1 Å². The lowest BCUT2D eigenvalue weighted by atomic mass is 9.95. The van der Waals surface area contributed by atoms with Gasteiger partial charge < -0.3 is 43.5 Å². The molecular weight excluding hydrogens is 642 g/mol. The summed E-state index contributed by atoms with van der Waals surface area (Å²) in [5.41, 5.74) is 18.4. The number of urea groups is 1. The number of amides is 2. The fourth-order valence-corrected chi connectivity index (χ4v) is 5.97. The molecule has 1 aliphatic heterocycles. The molecule has 0 radical (unpaired) electrons. The molecule has 51 heavy (non-hydrogen) atoms. The van der Waals surface area contributed by atoms with E-state index in [1.807, 2.05) is 65.8 Å². The summed E-state index contributed by atoms with van der Waals surface area (Å²) < 4.78 is 0. The molecule has 1 saturated carbocycles. The molecule has 0 unspecified atom stereocenters. The number of nitrogens with two attached hydrogens (primary N) is 3. The van der Waals surface area contributed by atoms with Gasteiger partial charge in [0.15, 0.2) is 5.96 Å². The zero-order chi connectivity index (χ0) is 37.6. The van der Waals surface area contributed by atoms with Crippen LogP contribution >= 0.6 is 0 Å². The number of guanidine groups is 1. The van der Waals surface area contributed by atoms with E-state index in [1.165, 1.54) is 19.3 Å². The van der Waals surface area contributed by atoms with Gasteiger partial charge in [-0.05, 0) is 82.6 Å². The van der Waals surface area contributed by atoms with Gasteiger partial charge in [0.1, 0.15) is 5.82 Å². The van der Waals surface area contributed by atoms with Gasteiger partial charge in [0.2, 0.25) is 0 Å². The van der Waals surface area contributed by atoms with E-state index in [4.69, 9.17) is 17.2 Å². The second-order valence-corrected chi connectivity index (χ2v) is 16.4. The molecule has 2 aromatic rings. The molecule has 4 rings (SSSR count). The van der Waals surface area contributed by atoms with Gasteiger partial charge in [0.05, 0.1) is 5.56 Å². The number of carbonyl (C=O) groups excluding carboxylic acids is 1. The van der Waals surface area contributed by atoms with Crippen LogP contribution in [0.4, 0.5) is 4.79 Å². The molecule has 2 amide bonds. The monoisotopic (exact) mass is 710 g/mol. The van der Waals surface area contributed by atoms with Crippen LogP contribution < -0.4 is 44.0 Å². The highest BCUT2D eigenvalue weighted by Crippen LogP contribution is 2.31. The minimum Gasteiger partial charge on any atom is -0.370 e. The summed E-state index contributed by atoms with van der Waals surface area (Å²) in [6.07, 6.45) is 7.67. The molecule has 0 bridgehead atoms. The largest absolute Gasteiger partial charge is 0.370 e. The Morgan fingerprint density at radius 3 is 2.37 bits per heavy atom. The van der Waals surface area contributed by atoms with Crippen molar-refractivity contribution < 1.29 is 4.79 Å². The molecule has 1 aliphatic carbocycles. The van der Waals surface area contributed by atoms with Crippen LogP contribution in [0.1, 0.15) is 92.0 Å². The standard InChI is InChI=1S/C19H28N6O.C19H39N5O/c1-19(2,3)17-24-12-15(16(26)25-17)14-7-5-13(6-8-14)11-22-9-4-10-23-18(20)21;1-14(10-20)12-24-13-16(22-18(25)23-19(2,3)4)9-17(24)11-21-8-7-15-5-6-15/h5-8,12,22H,4,9-11H2,1-3H3,(H4,20,21,23)(H,24,25,26);14-17,21H,5-13,20H2,1-4H3,(H2,22,23,25)/t;14-,16+,17-/m.0/s1. The molecule has 286 valence electrons. The second kappa shape index (κ2) is 19.9. The molecule has 2 heterocycles. The Bertz CT molecular complexity index is 1420. The molecule has 2 fully saturated rings. The quantitative estimate of drug-likeness (QED) is 0.0732. The number of nitrogens with one attached hydrogen (secondary N) is 5. The Labute approximate surface area is 305 Å². The molecule has 2 aliphatic rings. The zero-order valence-electron chi connectivity index (χ0n) is 32.3. The van der Waals surface area contributed by atoms with Crippen molar-refractivity contribution in [2.75, 3.05) is 45.8 Å². The molecule has 1 aromatic heterocycles. The van der Waals surface area contributed by atoms with Crippen LogP contribution in [-0.4, -0.2) is 90.3 Å². The molecule has 13 nitrogen and oxygen atoms in total. The van der Waals surface area contributed by atoms with Crippen molar-refractivity contribution in [3.05, 3.63) is 52.2 Å². The number of aromatic amines is 1. The maximum atomic E-state index is 12.4. The Kier molecular flexibility index (Phi) is 16.4. The zero-order valence-corrected chi connectivity index (χ0v) is 32.3. The second-order valence-electron chi connectivity index (χ2n) is 16.4. The summed E-state index contributed by atoms with van der Waals surface area (Å²) >= 11 is 0. The third-order valence-electron chi connectivity index (χ3n) is 9.02. The molecule has 13 heteroatoms. The summed E-state index contributed by atoms with van der Waals surface area (Å²) in [6, 6.07) is 8.53. The van der Waals surface area contributed by atoms with Crippen LogP contribution in [0.3, 0.4) is 0 Å². The van der Waals surface area contributed by atoms with Crippen LogP contribution in [-0.2, 0) is 12.0 Å². The molecule has 1 saturated heterocycles. The average Bonchev–Trinajstić information content (AvgIpc) is 3.80. The fourth-order valence-electron chi connectivity index (χ4n) is 5.97. The first-order chi connectivity index (χ1) is 24.0. The Hall–Kier alpha value is -3.52. The summed E-state index contributed by atoms with van der Waals surface area (Å²) in [7, 11) is 0. The molecule has 3 atom stereocenters. The number of hydrogen-bond donors (Lipinski definition) is 8. The van der Waals surface area contributed by atoms with Gasteiger partial charge in [-0.15, -0.1) is 0 Å². The first kappa shape index (κ1) is 41.9. The van der Waals surface area contributed by atoms with Crippen molar-refractivity contribution in [1.82, 2.24) is 36.1 Å². The number of rotatable bonds is 16. The van der Waals surface area contributed by atoms with Gasteiger partial charge in [0, 0.05) is 62.0 Å². The van der Waals surface area contributed by atoms with E-state index < -0.39 is 0 Å². The number of aromatic nitrogens is 2. The van der Waals surface area contributed by atoms with Gasteiger partial charge in [0.25, 0.3) is 5.56 Å². The minimum atomic E-state index is -0.208. The number of H-pyrrole nitrogens is 1. The highest BCUT2D eigenvalue weighted by molar-refractivity contribution is 5.75. The first-order valence-corrected chi connectivity index (χ1v) is 18.7. The first-order valence-electron chi connectivity index (χ1n) is 18.7. The Morgan fingerprint density at radius 2 is 1.78 bits per heavy atom. The van der Waals surface area contributed by atoms with Gasteiger partial charge in [-0.3, -0.25) is 14.7 Å². The third-order valence-corrected chi connectivity index (χ3v) is 9.02. The van der Waals surface area contributed by atoms with Gasteiger partial charge in [-0.1, -0.05) is 64.8 Å². The molecular formula is C38H67N11O2. The van der Waals surface area contributed by atoms with E-state index in [9.17, 15) is 9.59 Å². The van der Waals surface area contributed by atoms with E-state index in [1.54, 1.807) is 6.20 Å². The average molecular weight is 710 g/mol. The number of likely N-dealkylation sites (tertiary alicyclic amines) is 1. The lowest BCUT2D eigenvalue weighted by Crippen LogP contribution is -2.50. The van der Waals surface area contributed by atoms with Crippen molar-refractivity contribution in [3.8, 4) is 11.1 Å². The highest BCUT2D eigenvalue weighted by atomic mass is 16.2. The summed E-state index contributed by atoms with van der Waals surface area (Å²) in [6.45, 7) is 21.2. The van der Waals surface area contributed by atoms with Crippen LogP contribution in [0.2, 0.25) is 0 Å². The van der Waals surface area contributed by atoms with Crippen molar-refractivity contribution >= 4 is 12.0 Å². The smallest absolute Gasteiger partial charge is 0.315 e. The van der Waals surface area contributed by atoms with Crippen molar-refractivity contribution in [1.29, 1.82) is 0 Å². The maximum Gasteiger partial charge on any atom is 0.315 e. The van der Waals surface area contributed by atoms with Crippen molar-refractivity contribution in [3.63, 3.8) is 0 Å². The number of hydrogen-bond acceptors (Lipinski definition) is 8. The number of carbonyl (C=O) groups is 1. The van der Waals surface area contributed by atoms with E-state index >= 15 is 0 Å². The summed E-state index contributed by atoms with van der Waals surface area (Å²) in [5.74, 6) is 2.27. The topological polar surface area (TPSA) is 205 Å². The lowest BCUT2D eigenvalue weighted by molar-refractivity contribution is 0.213. The predicted octanol–water partition coefficient (Wildman–Crippen LogP) is 3.00. The van der Waals surface area contributed by atoms with Crippen molar-refractivity contribution in [2.24, 2.45) is 34.0 Å². The molecule has 1 aromatic carbocycles. The van der Waals surface area contributed by atoms with Gasteiger partial charge in [-0.25, -0.2) is 9.78 Å². The van der Waals surface area contributed by atoms with Crippen molar-refractivity contribution in [2.45, 2.75) is 110 Å². The van der Waals surface area contributed by atoms with Gasteiger partial charge in [-0.2, -0.15) is 0 Å². The predicted molar refractivity (Wildman–Crippen MR) is 210 cm³/mol. The Morgan fingerprint density at radius 1 is 1.08 bits per heavy atom. The summed E-state index contributed by atoms with van der Waals surface area (Å²) in [4.78, 5) is 38.3. The van der Waals surface area contributed by atoms with Crippen LogP contribution in [0, 0.1) is 11.8 Å². The normalized spacial score (nSPS) is 18.4. The van der Waals surface area contributed by atoms with E-state index in [-0.39, 0.29) is 34.5 Å². The minimum absolute atomic E-state index is 0.0633. The third kappa shape index (κ3) is 16.1. The number of nitrogens with zero attached hydrogens (tertiary/aromatic N) is 3. The van der Waals surface area contributed by atoms with Gasteiger partial charge >= 0.3 is 6.03 Å². The number of benzene rings is 1. The molecule has 11 N–H and O–H groups in total. The fraction of sp³-hybridized carbons (Fsp3) is 0.684. The molecule has 0 spiro atoms. The lowest BCUT2D eigenvalue weighted by Gasteiger charge is -2.27. The van der Waals surface area contributed by atoms with E-state index in [0.717, 1.165) is 69.2 Å². The van der Waals surface area contributed by atoms with Crippen LogP contribution in [0.25, 0.3) is 11.1 Å². The van der Waals surface area contributed by atoms with Crippen LogP contribution in [0.15, 0.2) is 40.2 Å². The number of aliphatic imine (C=N–C) groups is 1.